The zero-order valence-electron chi connectivity index (χ0n) is 13.0. The first kappa shape index (κ1) is 16.3. The number of benzene rings is 2. The van der Waals surface area contributed by atoms with Crippen molar-refractivity contribution in [3.8, 4) is 5.75 Å². The van der Waals surface area contributed by atoms with Crippen LogP contribution in [0.1, 0.15) is 25.3 Å². The van der Waals surface area contributed by atoms with Crippen molar-refractivity contribution in [2.45, 2.75) is 19.8 Å². The van der Waals surface area contributed by atoms with Gasteiger partial charge >= 0.3 is 0 Å². The van der Waals surface area contributed by atoms with Crippen LogP contribution in [0.4, 0.5) is 5.69 Å². The molecule has 3 nitrogen and oxygen atoms in total. The number of nitrogens with one attached hydrogen (secondary N) is 2. The number of hydrogen-bond donors (Lipinski definition) is 2. The van der Waals surface area contributed by atoms with E-state index in [2.05, 4.69) is 41.8 Å². The Bertz CT molecular complexity index is 584. The highest BCUT2D eigenvalue weighted by atomic mass is 32.1. The van der Waals surface area contributed by atoms with Crippen molar-refractivity contribution < 1.29 is 4.74 Å². The summed E-state index contributed by atoms with van der Waals surface area (Å²) in [6.45, 7) is 5.62. The van der Waals surface area contributed by atoms with Crippen LogP contribution < -0.4 is 15.4 Å². The summed E-state index contributed by atoms with van der Waals surface area (Å²) in [6.07, 6.45) is 0. The number of thiocarbonyl (C=S) groups is 1. The molecule has 0 aliphatic rings. The smallest absolute Gasteiger partial charge is 0.170 e. The lowest BCUT2D eigenvalue weighted by Crippen LogP contribution is -2.31. The normalized spacial score (nSPS) is 11.5. The first-order chi connectivity index (χ1) is 10.7. The molecule has 2 rings (SSSR count). The fourth-order valence-corrected chi connectivity index (χ4v) is 2.32. The Morgan fingerprint density at radius 2 is 1.77 bits per heavy atom. The lowest BCUT2D eigenvalue weighted by Gasteiger charge is -2.15. The predicted molar refractivity (Wildman–Crippen MR) is 96.7 cm³/mol. The van der Waals surface area contributed by atoms with E-state index in [9.17, 15) is 0 Å². The predicted octanol–water partition coefficient (Wildman–Crippen LogP) is 4.18. The average Bonchev–Trinajstić information content (AvgIpc) is 2.55. The molecule has 1 atom stereocenters. The largest absolute Gasteiger partial charge is 0.494 e. The van der Waals surface area contributed by atoms with Crippen LogP contribution in [0.15, 0.2) is 54.6 Å². The second kappa shape index (κ2) is 8.39. The van der Waals surface area contributed by atoms with Gasteiger partial charge in [-0.25, -0.2) is 0 Å². The molecule has 2 aromatic rings. The molecule has 0 bridgehead atoms. The summed E-state index contributed by atoms with van der Waals surface area (Å²) < 4.78 is 5.42. The fourth-order valence-electron chi connectivity index (χ4n) is 2.12. The van der Waals surface area contributed by atoms with Crippen LogP contribution in [-0.2, 0) is 0 Å². The molecule has 0 saturated heterocycles. The van der Waals surface area contributed by atoms with E-state index in [1.54, 1.807) is 0 Å². The highest BCUT2D eigenvalue weighted by Crippen LogP contribution is 2.16. The van der Waals surface area contributed by atoms with Gasteiger partial charge in [-0.3, -0.25) is 0 Å². The Hall–Kier alpha value is -2.07. The van der Waals surface area contributed by atoms with Gasteiger partial charge in [-0.15, -0.1) is 0 Å². The van der Waals surface area contributed by atoms with Crippen LogP contribution in [0.3, 0.4) is 0 Å². The van der Waals surface area contributed by atoms with E-state index in [0.29, 0.717) is 17.6 Å². The van der Waals surface area contributed by atoms with Crippen LogP contribution in [-0.4, -0.2) is 18.3 Å². The molecule has 0 unspecified atom stereocenters. The molecule has 2 aromatic carbocycles. The topological polar surface area (TPSA) is 33.3 Å². The second-order valence-electron chi connectivity index (χ2n) is 5.10. The van der Waals surface area contributed by atoms with Gasteiger partial charge in [0.05, 0.1) is 6.61 Å². The van der Waals surface area contributed by atoms with Gasteiger partial charge in [0.1, 0.15) is 5.75 Å². The van der Waals surface area contributed by atoms with Crippen LogP contribution in [0.5, 0.6) is 5.75 Å². The fraction of sp³-hybridized carbons (Fsp3) is 0.278. The van der Waals surface area contributed by atoms with Gasteiger partial charge in [0, 0.05) is 12.2 Å². The summed E-state index contributed by atoms with van der Waals surface area (Å²) >= 11 is 5.33. The van der Waals surface area contributed by atoms with Crippen LogP contribution in [0.25, 0.3) is 0 Å². The zero-order valence-corrected chi connectivity index (χ0v) is 13.8. The molecular weight excluding hydrogens is 292 g/mol. The summed E-state index contributed by atoms with van der Waals surface area (Å²) in [5.74, 6) is 1.27. The van der Waals surface area contributed by atoms with E-state index < -0.39 is 0 Å². The molecule has 0 aromatic heterocycles. The van der Waals surface area contributed by atoms with Gasteiger partial charge < -0.3 is 15.4 Å². The van der Waals surface area contributed by atoms with Crippen LogP contribution >= 0.6 is 12.2 Å². The van der Waals surface area contributed by atoms with Crippen molar-refractivity contribution in [1.82, 2.24) is 5.32 Å². The van der Waals surface area contributed by atoms with Crippen molar-refractivity contribution in [2.24, 2.45) is 0 Å². The molecule has 0 saturated carbocycles. The molecule has 0 heterocycles. The molecule has 0 spiro atoms. The number of ether oxygens (including phenoxy) is 1. The van der Waals surface area contributed by atoms with Gasteiger partial charge in [0.15, 0.2) is 5.11 Å². The maximum Gasteiger partial charge on any atom is 0.170 e. The van der Waals surface area contributed by atoms with Crippen LogP contribution in [0.2, 0.25) is 0 Å². The standard InChI is InChI=1S/C18H22N2OS/c1-3-21-17-11-9-16(10-12-17)20-18(22)19-13-14(2)15-7-5-4-6-8-15/h4-12,14H,3,13H2,1-2H3,(H2,19,20,22)/t14-/m1/s1. The Morgan fingerprint density at radius 1 is 1.09 bits per heavy atom. The Morgan fingerprint density at radius 3 is 2.41 bits per heavy atom. The third-order valence-electron chi connectivity index (χ3n) is 3.36. The Labute approximate surface area is 137 Å². The van der Waals surface area contributed by atoms with E-state index >= 15 is 0 Å². The lowest BCUT2D eigenvalue weighted by molar-refractivity contribution is 0.340. The average molecular weight is 314 g/mol. The minimum atomic E-state index is 0.404. The highest BCUT2D eigenvalue weighted by Gasteiger charge is 2.05. The minimum absolute atomic E-state index is 0.404. The van der Waals surface area contributed by atoms with Gasteiger partial charge in [-0.2, -0.15) is 0 Å². The van der Waals surface area contributed by atoms with Gasteiger partial charge in [0.2, 0.25) is 0 Å². The third kappa shape index (κ3) is 5.04. The highest BCUT2D eigenvalue weighted by molar-refractivity contribution is 7.80. The first-order valence-corrected chi connectivity index (χ1v) is 7.92. The van der Waals surface area contributed by atoms with Gasteiger partial charge in [-0.1, -0.05) is 37.3 Å². The molecule has 0 amide bonds. The second-order valence-corrected chi connectivity index (χ2v) is 5.51. The number of hydrogen-bond acceptors (Lipinski definition) is 2. The van der Waals surface area contributed by atoms with Gasteiger partial charge in [-0.05, 0) is 54.9 Å². The molecular formula is C18H22N2OS. The van der Waals surface area contributed by atoms with Crippen molar-refractivity contribution in [3.05, 3.63) is 60.2 Å². The maximum atomic E-state index is 5.42. The number of anilines is 1. The summed E-state index contributed by atoms with van der Waals surface area (Å²) in [7, 11) is 0. The van der Waals surface area contributed by atoms with Crippen molar-refractivity contribution >= 4 is 23.0 Å². The molecule has 22 heavy (non-hydrogen) atoms. The minimum Gasteiger partial charge on any atom is -0.494 e. The van der Waals surface area contributed by atoms with Crippen molar-refractivity contribution in [2.75, 3.05) is 18.5 Å². The van der Waals surface area contributed by atoms with Gasteiger partial charge in [0.25, 0.3) is 0 Å². The maximum absolute atomic E-state index is 5.42. The molecule has 116 valence electrons. The molecule has 4 heteroatoms. The quantitative estimate of drug-likeness (QED) is 0.784. The molecule has 0 fully saturated rings. The molecule has 0 aliphatic carbocycles. The van der Waals surface area contributed by atoms with Crippen LogP contribution in [0, 0.1) is 0 Å². The van der Waals surface area contributed by atoms with E-state index in [1.165, 1.54) is 5.56 Å². The summed E-state index contributed by atoms with van der Waals surface area (Å²) in [5, 5.41) is 7.07. The monoisotopic (exact) mass is 314 g/mol. The number of rotatable bonds is 6. The van der Waals surface area contributed by atoms with E-state index in [0.717, 1.165) is 18.0 Å². The Balaban J connectivity index is 1.80. The molecule has 2 N–H and O–H groups in total. The van der Waals surface area contributed by atoms with Crippen molar-refractivity contribution in [1.29, 1.82) is 0 Å². The first-order valence-electron chi connectivity index (χ1n) is 7.51. The van der Waals surface area contributed by atoms with Crippen molar-refractivity contribution in [3.63, 3.8) is 0 Å². The van der Waals surface area contributed by atoms with E-state index in [-0.39, 0.29) is 0 Å². The molecule has 0 aliphatic heterocycles. The SMILES string of the molecule is CCOc1ccc(NC(=S)NC[C@@H](C)c2ccccc2)cc1. The van der Waals surface area contributed by atoms with E-state index in [4.69, 9.17) is 17.0 Å². The zero-order chi connectivity index (χ0) is 15.8. The molecule has 0 radical (unpaired) electrons. The van der Waals surface area contributed by atoms with E-state index in [1.807, 2.05) is 37.3 Å². The Kier molecular flexibility index (Phi) is 6.22. The summed E-state index contributed by atoms with van der Waals surface area (Å²) in [4.78, 5) is 0. The summed E-state index contributed by atoms with van der Waals surface area (Å²) in [5.41, 5.74) is 2.26. The lowest BCUT2D eigenvalue weighted by atomic mass is 10.0. The summed E-state index contributed by atoms with van der Waals surface area (Å²) in [6, 6.07) is 18.2. The third-order valence-corrected chi connectivity index (χ3v) is 3.61.